The van der Waals surface area contributed by atoms with E-state index in [2.05, 4.69) is 10.3 Å². The highest BCUT2D eigenvalue weighted by Gasteiger charge is 2.28. The van der Waals surface area contributed by atoms with E-state index in [-0.39, 0.29) is 35.5 Å². The summed E-state index contributed by atoms with van der Waals surface area (Å²) in [7, 11) is -7.99. The Morgan fingerprint density at radius 2 is 1.65 bits per heavy atom. The highest BCUT2D eigenvalue weighted by atomic mass is 32.2. The normalized spacial score (nSPS) is 11.6. The molecule has 2 aromatic carbocycles. The van der Waals surface area contributed by atoms with Crippen molar-refractivity contribution in [1.82, 2.24) is 19.6 Å². The summed E-state index contributed by atoms with van der Waals surface area (Å²) in [6, 6.07) is 12.3. The fourth-order valence-corrected chi connectivity index (χ4v) is 5.79. The number of imidazole rings is 1. The zero-order chi connectivity index (χ0) is 29.5. The molecule has 1 heterocycles. The van der Waals surface area contributed by atoms with Gasteiger partial charge in [0.15, 0.2) is 9.84 Å². The quantitative estimate of drug-likeness (QED) is 0.317. The summed E-state index contributed by atoms with van der Waals surface area (Å²) in [6.45, 7) is 5.60. The van der Waals surface area contributed by atoms with Crippen molar-refractivity contribution in [3.63, 3.8) is 0 Å². The van der Waals surface area contributed by atoms with E-state index in [1.807, 2.05) is 11.6 Å². The molecule has 3 aromatic rings. The van der Waals surface area contributed by atoms with E-state index >= 15 is 0 Å². The predicted molar refractivity (Wildman–Crippen MR) is 147 cm³/mol. The molecule has 216 valence electrons. The molecule has 0 aliphatic rings. The van der Waals surface area contributed by atoms with Gasteiger partial charge in [0.05, 0.1) is 18.0 Å². The van der Waals surface area contributed by atoms with E-state index in [1.165, 1.54) is 10.6 Å². The van der Waals surface area contributed by atoms with Gasteiger partial charge in [-0.15, -0.1) is 0 Å². The molecule has 0 unspecified atom stereocenters. The molecule has 12 nitrogen and oxygen atoms in total. The number of nitrogens with one attached hydrogen (secondary N) is 2. The second-order valence-electron chi connectivity index (χ2n) is 8.69. The Hall–Kier alpha value is -3.91. The summed E-state index contributed by atoms with van der Waals surface area (Å²) in [5.74, 6) is 0.181. The first-order valence-corrected chi connectivity index (χ1v) is 15.9. The van der Waals surface area contributed by atoms with Crippen molar-refractivity contribution in [2.24, 2.45) is 0 Å². The maximum Gasteiger partial charge on any atom is 0.515 e. The topological polar surface area (TPSA) is 163 Å². The minimum absolute atomic E-state index is 0.0421. The minimum Gasteiger partial charge on any atom is -0.434 e. The first-order chi connectivity index (χ1) is 18.9. The van der Waals surface area contributed by atoms with Crippen molar-refractivity contribution in [2.45, 2.75) is 50.1 Å². The van der Waals surface area contributed by atoms with Crippen LogP contribution in [0.4, 0.5) is 9.59 Å². The number of carbonyl (C=O) groups excluding carboxylic acids is 2. The largest absolute Gasteiger partial charge is 0.515 e. The second-order valence-corrected chi connectivity index (χ2v) is 12.3. The highest BCUT2D eigenvalue weighted by Crippen LogP contribution is 2.30. The number of hydrogen-bond acceptors (Lipinski definition) is 9. The number of aryl methyl sites for hydroxylation is 1. The first kappa shape index (κ1) is 30.6. The zero-order valence-electron chi connectivity index (χ0n) is 22.6. The lowest BCUT2D eigenvalue weighted by Gasteiger charge is -2.14. The second kappa shape index (κ2) is 13.0. The summed E-state index contributed by atoms with van der Waals surface area (Å²) in [4.78, 5) is 28.2. The lowest BCUT2D eigenvalue weighted by Crippen LogP contribution is -2.39. The van der Waals surface area contributed by atoms with Crippen molar-refractivity contribution in [2.75, 3.05) is 19.4 Å². The fourth-order valence-electron chi connectivity index (χ4n) is 3.89. The Balaban J connectivity index is 2.00. The van der Waals surface area contributed by atoms with E-state index < -0.39 is 32.0 Å². The van der Waals surface area contributed by atoms with Crippen molar-refractivity contribution in [3.05, 3.63) is 59.9 Å². The molecule has 0 saturated carbocycles. The standard InChI is InChI=1S/C26H32N4O8S2/c1-5-10-22-28-23(39(4,33)34)24(38-26(32)37-7-3)30(22)17-18-13-15-19(16-14-18)20-11-8-9-12-21(20)40(35,36)29-25(31)27-6-2/h8-9,11-16H,5-7,10,17H2,1-4H3,(H2,27,29,31). The fraction of sp³-hybridized carbons (Fsp3) is 0.346. The smallest absolute Gasteiger partial charge is 0.434 e. The van der Waals surface area contributed by atoms with Gasteiger partial charge in [0.1, 0.15) is 5.82 Å². The maximum atomic E-state index is 12.9. The Morgan fingerprint density at radius 3 is 2.25 bits per heavy atom. The lowest BCUT2D eigenvalue weighted by atomic mass is 10.0. The number of sulfonamides is 1. The SMILES string of the molecule is CCCc1nc(S(C)(=O)=O)c(OC(=O)OCC)n1Cc1ccc(-c2ccccc2S(=O)(=O)NC(=O)NCC)cc1. The molecule has 0 aliphatic carbocycles. The van der Waals surface area contributed by atoms with Gasteiger partial charge in [-0.05, 0) is 37.5 Å². The Bertz CT molecular complexity index is 1580. The van der Waals surface area contributed by atoms with Crippen LogP contribution in [-0.4, -0.2) is 58.0 Å². The molecule has 0 fully saturated rings. The summed E-state index contributed by atoms with van der Waals surface area (Å²) >= 11 is 0. The Morgan fingerprint density at radius 1 is 0.975 bits per heavy atom. The lowest BCUT2D eigenvalue weighted by molar-refractivity contribution is 0.0998. The van der Waals surface area contributed by atoms with Crippen molar-refractivity contribution < 1.29 is 35.9 Å². The number of carbonyl (C=O) groups is 2. The van der Waals surface area contributed by atoms with Gasteiger partial charge in [0.25, 0.3) is 10.0 Å². The highest BCUT2D eigenvalue weighted by molar-refractivity contribution is 7.90. The van der Waals surface area contributed by atoms with Crippen LogP contribution in [0.15, 0.2) is 58.5 Å². The molecule has 1 aromatic heterocycles. The van der Waals surface area contributed by atoms with Gasteiger partial charge in [-0.3, -0.25) is 4.57 Å². The number of sulfone groups is 1. The van der Waals surface area contributed by atoms with Gasteiger partial charge in [-0.1, -0.05) is 49.4 Å². The summed E-state index contributed by atoms with van der Waals surface area (Å²) in [6.07, 6.45) is 1.02. The number of rotatable bonds is 11. The number of aromatic nitrogens is 2. The Kier molecular flexibility index (Phi) is 9.93. The number of amides is 2. The number of ether oxygens (including phenoxy) is 2. The summed E-state index contributed by atoms with van der Waals surface area (Å²) in [5, 5.41) is 2.03. The average Bonchev–Trinajstić information content (AvgIpc) is 3.21. The molecule has 2 N–H and O–H groups in total. The van der Waals surface area contributed by atoms with Gasteiger partial charge in [-0.25, -0.2) is 36.1 Å². The molecular formula is C26H32N4O8S2. The zero-order valence-corrected chi connectivity index (χ0v) is 24.3. The van der Waals surface area contributed by atoms with Gasteiger partial charge in [0.2, 0.25) is 10.9 Å². The van der Waals surface area contributed by atoms with Crippen LogP contribution < -0.4 is 14.8 Å². The molecule has 0 bridgehead atoms. The predicted octanol–water partition coefficient (Wildman–Crippen LogP) is 3.50. The van der Waals surface area contributed by atoms with E-state index in [4.69, 9.17) is 9.47 Å². The van der Waals surface area contributed by atoms with E-state index in [1.54, 1.807) is 56.3 Å². The third-order valence-corrected chi connectivity index (χ3v) is 7.94. The van der Waals surface area contributed by atoms with Gasteiger partial charge in [0, 0.05) is 24.8 Å². The molecular weight excluding hydrogens is 560 g/mol. The van der Waals surface area contributed by atoms with Crippen LogP contribution in [0.1, 0.15) is 38.6 Å². The maximum absolute atomic E-state index is 12.9. The number of urea groups is 1. The summed E-state index contributed by atoms with van der Waals surface area (Å²) in [5.41, 5.74) is 1.65. The molecule has 2 amide bonds. The van der Waals surface area contributed by atoms with Crippen LogP contribution in [0.3, 0.4) is 0 Å². The molecule has 14 heteroatoms. The first-order valence-electron chi connectivity index (χ1n) is 12.5. The molecule has 0 radical (unpaired) electrons. The van der Waals surface area contributed by atoms with Crippen molar-refractivity contribution in [1.29, 1.82) is 0 Å². The van der Waals surface area contributed by atoms with Gasteiger partial charge < -0.3 is 14.8 Å². The van der Waals surface area contributed by atoms with E-state index in [0.717, 1.165) is 6.26 Å². The van der Waals surface area contributed by atoms with Crippen LogP contribution in [0, 0.1) is 0 Å². The number of benzene rings is 2. The van der Waals surface area contributed by atoms with Crippen LogP contribution in [-0.2, 0) is 37.6 Å². The van der Waals surface area contributed by atoms with Crippen LogP contribution in [0.5, 0.6) is 5.88 Å². The van der Waals surface area contributed by atoms with Crippen molar-refractivity contribution >= 4 is 32.0 Å². The van der Waals surface area contributed by atoms with E-state index in [9.17, 15) is 26.4 Å². The third kappa shape index (κ3) is 7.39. The summed E-state index contributed by atoms with van der Waals surface area (Å²) < 4.78 is 64.3. The van der Waals surface area contributed by atoms with Gasteiger partial charge >= 0.3 is 12.2 Å². The Labute approximate surface area is 233 Å². The molecule has 40 heavy (non-hydrogen) atoms. The van der Waals surface area contributed by atoms with Crippen LogP contribution in [0.2, 0.25) is 0 Å². The van der Waals surface area contributed by atoms with Crippen molar-refractivity contribution in [3.8, 4) is 17.0 Å². The monoisotopic (exact) mass is 592 g/mol. The molecule has 0 aliphatic heterocycles. The third-order valence-electron chi connectivity index (χ3n) is 5.58. The molecule has 3 rings (SSSR count). The number of nitrogens with zero attached hydrogens (tertiary/aromatic N) is 2. The average molecular weight is 593 g/mol. The molecule has 0 spiro atoms. The van der Waals surface area contributed by atoms with E-state index in [0.29, 0.717) is 35.4 Å². The number of hydrogen-bond donors (Lipinski definition) is 2. The van der Waals surface area contributed by atoms with Crippen LogP contribution >= 0.6 is 0 Å². The molecule has 0 atom stereocenters. The van der Waals surface area contributed by atoms with Crippen LogP contribution in [0.25, 0.3) is 11.1 Å². The minimum atomic E-state index is -4.16. The van der Waals surface area contributed by atoms with Gasteiger partial charge in [-0.2, -0.15) is 0 Å². The molecule has 0 saturated heterocycles.